The number of allylic oxidation sites excluding steroid dienone is 1. The summed E-state index contributed by atoms with van der Waals surface area (Å²) < 4.78 is 27.6. The minimum absolute atomic E-state index is 0.0682. The number of carbonyl (C=O) groups is 1. The van der Waals surface area contributed by atoms with Gasteiger partial charge in [0.05, 0.1) is 4.90 Å². The Balaban J connectivity index is 2.34. The van der Waals surface area contributed by atoms with Crippen LogP contribution in [0.2, 0.25) is 0 Å². The van der Waals surface area contributed by atoms with Crippen molar-refractivity contribution in [1.82, 2.24) is 0 Å². The summed E-state index contributed by atoms with van der Waals surface area (Å²) in [4.78, 5) is 15.5. The molecule has 0 aliphatic carbocycles. The fraction of sp³-hybridized carbons (Fsp3) is 0.400. The Hall–Kier alpha value is -1.66. The molecule has 0 spiro atoms. The average Bonchev–Trinajstić information content (AvgIpc) is 2.50. The first-order valence-corrected chi connectivity index (χ1v) is 8.34. The van der Waals surface area contributed by atoms with Gasteiger partial charge in [0.1, 0.15) is 0 Å². The van der Waals surface area contributed by atoms with Crippen molar-refractivity contribution in [3.05, 3.63) is 42.5 Å². The summed E-state index contributed by atoms with van der Waals surface area (Å²) >= 11 is 0. The first-order valence-electron chi connectivity index (χ1n) is 6.93. The highest BCUT2D eigenvalue weighted by Gasteiger charge is 2.17. The Kier molecular flexibility index (Phi) is 7.71. The molecule has 0 radical (unpaired) electrons. The van der Waals surface area contributed by atoms with Gasteiger partial charge >= 0.3 is 16.1 Å². The topological polar surface area (TPSA) is 69.7 Å². The second-order valence-electron chi connectivity index (χ2n) is 4.49. The maximum Gasteiger partial charge on any atom is 0.367 e. The van der Waals surface area contributed by atoms with Crippen molar-refractivity contribution < 1.29 is 22.4 Å². The molecule has 5 nitrogen and oxygen atoms in total. The van der Waals surface area contributed by atoms with Crippen molar-refractivity contribution in [2.75, 3.05) is 0 Å². The summed E-state index contributed by atoms with van der Waals surface area (Å²) in [6.45, 7) is 2.12. The van der Waals surface area contributed by atoms with Crippen LogP contribution in [0, 0.1) is 0 Å². The van der Waals surface area contributed by atoms with Crippen molar-refractivity contribution in [2.24, 2.45) is 0 Å². The highest BCUT2D eigenvalue weighted by Crippen LogP contribution is 2.11. The van der Waals surface area contributed by atoms with E-state index in [1.165, 1.54) is 18.2 Å². The number of unbranched alkanes of at least 4 members (excludes halogenated alkanes) is 4. The van der Waals surface area contributed by atoms with E-state index in [2.05, 4.69) is 16.1 Å². The normalized spacial score (nSPS) is 11.7. The van der Waals surface area contributed by atoms with Gasteiger partial charge in [-0.15, -0.1) is 0 Å². The van der Waals surface area contributed by atoms with Crippen LogP contribution in [0.4, 0.5) is 0 Å². The standard InChI is InChI=1S/C15H20O5S/c1-2-3-4-5-6-10-13-15(16)19-20-21(17,18)14-11-8-7-9-12-14/h7-13H,2-6H2,1H3. The molecule has 0 aliphatic rings. The molecule has 0 fully saturated rings. The lowest BCUT2D eigenvalue weighted by atomic mass is 10.1. The predicted octanol–water partition coefficient (Wildman–Crippen LogP) is 3.38. The van der Waals surface area contributed by atoms with Crippen LogP contribution in [0.15, 0.2) is 47.4 Å². The number of hydrogen-bond acceptors (Lipinski definition) is 5. The first kappa shape index (κ1) is 17.4. The van der Waals surface area contributed by atoms with E-state index < -0.39 is 16.1 Å². The van der Waals surface area contributed by atoms with E-state index in [0.717, 1.165) is 32.1 Å². The van der Waals surface area contributed by atoms with Crippen LogP contribution in [-0.2, 0) is 24.1 Å². The van der Waals surface area contributed by atoms with E-state index in [9.17, 15) is 13.2 Å². The fourth-order valence-electron chi connectivity index (χ4n) is 1.60. The second-order valence-corrected chi connectivity index (χ2v) is 6.01. The lowest BCUT2D eigenvalue weighted by Gasteiger charge is -2.02. The second kappa shape index (κ2) is 9.31. The highest BCUT2D eigenvalue weighted by molar-refractivity contribution is 7.86. The maximum atomic E-state index is 11.7. The molecule has 0 atom stereocenters. The molecule has 0 unspecified atom stereocenters. The Morgan fingerprint density at radius 2 is 1.86 bits per heavy atom. The largest absolute Gasteiger partial charge is 0.367 e. The molecule has 0 aromatic heterocycles. The summed E-state index contributed by atoms with van der Waals surface area (Å²) in [6.07, 6.45) is 7.98. The molecule has 1 aromatic carbocycles. The van der Waals surface area contributed by atoms with Gasteiger partial charge in [0.25, 0.3) is 0 Å². The average molecular weight is 312 g/mol. The Bertz CT molecular complexity index is 549. The van der Waals surface area contributed by atoms with Crippen LogP contribution >= 0.6 is 0 Å². The number of carbonyl (C=O) groups excluding carboxylic acids is 1. The van der Waals surface area contributed by atoms with Crippen LogP contribution in [-0.4, -0.2) is 14.4 Å². The number of hydrogen-bond donors (Lipinski definition) is 0. The summed E-state index contributed by atoms with van der Waals surface area (Å²) in [5, 5.41) is 0. The fourth-order valence-corrected chi connectivity index (χ4v) is 2.33. The molecule has 116 valence electrons. The van der Waals surface area contributed by atoms with Crippen molar-refractivity contribution in [3.8, 4) is 0 Å². The number of benzene rings is 1. The van der Waals surface area contributed by atoms with E-state index in [-0.39, 0.29) is 4.90 Å². The summed E-state index contributed by atoms with van der Waals surface area (Å²) in [6, 6.07) is 7.48. The molecule has 1 aromatic rings. The summed E-state index contributed by atoms with van der Waals surface area (Å²) in [7, 11) is -4.07. The Morgan fingerprint density at radius 1 is 1.14 bits per heavy atom. The third kappa shape index (κ3) is 7.06. The van der Waals surface area contributed by atoms with Gasteiger partial charge in [-0.05, 0) is 29.3 Å². The Morgan fingerprint density at radius 3 is 2.52 bits per heavy atom. The molecule has 0 saturated carbocycles. The van der Waals surface area contributed by atoms with Gasteiger partial charge in [-0.3, -0.25) is 4.89 Å². The molecular formula is C15H20O5S. The van der Waals surface area contributed by atoms with E-state index in [1.807, 2.05) is 0 Å². The minimum Gasteiger partial charge on any atom is -0.276 e. The first-order chi connectivity index (χ1) is 10.1. The lowest BCUT2D eigenvalue weighted by molar-refractivity contribution is -0.204. The van der Waals surface area contributed by atoms with Gasteiger partial charge in [-0.25, -0.2) is 4.79 Å². The third-order valence-electron chi connectivity index (χ3n) is 2.72. The molecule has 0 aliphatic heterocycles. The van der Waals surface area contributed by atoms with Crippen molar-refractivity contribution in [3.63, 3.8) is 0 Å². The van der Waals surface area contributed by atoms with E-state index in [4.69, 9.17) is 0 Å². The summed E-state index contributed by atoms with van der Waals surface area (Å²) in [5.41, 5.74) is 0. The van der Waals surface area contributed by atoms with Gasteiger partial charge in [0.15, 0.2) is 0 Å². The van der Waals surface area contributed by atoms with Crippen LogP contribution < -0.4 is 0 Å². The molecule has 0 N–H and O–H groups in total. The molecule has 0 heterocycles. The van der Waals surface area contributed by atoms with Crippen molar-refractivity contribution >= 4 is 16.1 Å². The van der Waals surface area contributed by atoms with Crippen LogP contribution in [0.5, 0.6) is 0 Å². The van der Waals surface area contributed by atoms with Gasteiger partial charge in [0.2, 0.25) is 0 Å². The van der Waals surface area contributed by atoms with Gasteiger partial charge < -0.3 is 0 Å². The smallest absolute Gasteiger partial charge is 0.276 e. The van der Waals surface area contributed by atoms with E-state index in [1.54, 1.807) is 24.3 Å². The molecule has 0 saturated heterocycles. The Labute approximate surface area is 125 Å². The summed E-state index contributed by atoms with van der Waals surface area (Å²) in [5.74, 6) is -0.843. The van der Waals surface area contributed by atoms with Crippen LogP contribution in [0.25, 0.3) is 0 Å². The van der Waals surface area contributed by atoms with E-state index >= 15 is 0 Å². The van der Waals surface area contributed by atoms with Gasteiger partial charge in [-0.2, -0.15) is 8.42 Å². The SMILES string of the molecule is CCCCCCC=CC(=O)OOS(=O)(=O)c1ccccc1. The third-order valence-corrected chi connectivity index (χ3v) is 3.81. The van der Waals surface area contributed by atoms with Crippen molar-refractivity contribution in [2.45, 2.75) is 43.9 Å². The van der Waals surface area contributed by atoms with Gasteiger partial charge in [0, 0.05) is 6.08 Å². The molecule has 0 amide bonds. The van der Waals surface area contributed by atoms with Crippen LogP contribution in [0.3, 0.4) is 0 Å². The van der Waals surface area contributed by atoms with E-state index in [0.29, 0.717) is 0 Å². The zero-order valence-electron chi connectivity index (χ0n) is 12.0. The quantitative estimate of drug-likeness (QED) is 0.302. The monoisotopic (exact) mass is 312 g/mol. The molecular weight excluding hydrogens is 292 g/mol. The predicted molar refractivity (Wildman–Crippen MR) is 78.7 cm³/mol. The molecule has 21 heavy (non-hydrogen) atoms. The lowest BCUT2D eigenvalue weighted by Crippen LogP contribution is -2.10. The number of rotatable bonds is 9. The minimum atomic E-state index is -4.07. The highest BCUT2D eigenvalue weighted by atomic mass is 32.2. The molecule has 6 heteroatoms. The zero-order valence-corrected chi connectivity index (χ0v) is 12.8. The zero-order chi connectivity index (χ0) is 15.6. The maximum absolute atomic E-state index is 11.7. The molecule has 1 rings (SSSR count). The van der Waals surface area contributed by atoms with Gasteiger partial charge in [-0.1, -0.05) is 50.5 Å². The van der Waals surface area contributed by atoms with Crippen LogP contribution in [0.1, 0.15) is 39.0 Å². The molecule has 0 bridgehead atoms. The van der Waals surface area contributed by atoms with Crippen molar-refractivity contribution in [1.29, 1.82) is 0 Å².